The molecule has 2 fully saturated rings. The molecule has 3 aliphatic carbocycles. The van der Waals surface area contributed by atoms with Gasteiger partial charge in [0.25, 0.3) is 0 Å². The molecule has 31 heavy (non-hydrogen) atoms. The lowest BCUT2D eigenvalue weighted by Gasteiger charge is -2.35. The largest absolute Gasteiger partial charge is 0.493 e. The summed E-state index contributed by atoms with van der Waals surface area (Å²) in [5.74, 6) is 6.05. The minimum absolute atomic E-state index is 0.742. The van der Waals surface area contributed by atoms with Crippen molar-refractivity contribution in [2.24, 2.45) is 29.6 Å². The first-order valence-electron chi connectivity index (χ1n) is 13.2. The van der Waals surface area contributed by atoms with Crippen LogP contribution in [0.25, 0.3) is 0 Å². The zero-order chi connectivity index (χ0) is 21.5. The highest BCUT2D eigenvalue weighted by Gasteiger charge is 2.28. The van der Waals surface area contributed by atoms with E-state index >= 15 is 0 Å². The van der Waals surface area contributed by atoms with Crippen LogP contribution in [0.1, 0.15) is 95.5 Å². The van der Waals surface area contributed by atoms with Crippen LogP contribution in [0, 0.1) is 29.6 Å². The minimum Gasteiger partial charge on any atom is -0.493 e. The van der Waals surface area contributed by atoms with Crippen molar-refractivity contribution in [1.29, 1.82) is 0 Å². The number of ether oxygens (including phenoxy) is 1. The summed E-state index contributed by atoms with van der Waals surface area (Å²) < 4.78 is 6.19. The molecule has 0 N–H and O–H groups in total. The van der Waals surface area contributed by atoms with Gasteiger partial charge in [0.15, 0.2) is 0 Å². The summed E-state index contributed by atoms with van der Waals surface area (Å²) in [4.78, 5) is 0. The summed E-state index contributed by atoms with van der Waals surface area (Å²) in [7, 11) is 0. The predicted molar refractivity (Wildman–Crippen MR) is 133 cm³/mol. The number of hydrogen-bond donors (Lipinski definition) is 0. The molecule has 170 valence electrons. The smallest absolute Gasteiger partial charge is 0.119 e. The lowest BCUT2D eigenvalue weighted by atomic mass is 9.71. The summed E-state index contributed by atoms with van der Waals surface area (Å²) >= 11 is 0. The van der Waals surface area contributed by atoms with Crippen LogP contribution in [-0.2, 0) is 0 Å². The van der Waals surface area contributed by atoms with E-state index in [1.54, 1.807) is 0 Å². The van der Waals surface area contributed by atoms with Gasteiger partial charge in [-0.1, -0.05) is 50.1 Å². The van der Waals surface area contributed by atoms with Crippen molar-refractivity contribution in [2.75, 3.05) is 6.61 Å². The standard InChI is InChI=1S/C30H44O/c1-3-4-5-24-8-10-25(11-9-24)22-31-30-20-18-29(19-21-30)28-16-14-27(15-17-28)26-12-6-23(2)7-13-26/h3,6,12,18-21,23-28H,1,4-5,7-11,13-17,22H2,2H3. The monoisotopic (exact) mass is 420 g/mol. The second-order valence-electron chi connectivity index (χ2n) is 10.8. The number of benzene rings is 1. The number of rotatable bonds is 8. The second kappa shape index (κ2) is 11.4. The molecule has 1 aromatic rings. The predicted octanol–water partition coefficient (Wildman–Crippen LogP) is 8.71. The molecule has 0 aromatic heterocycles. The Balaban J connectivity index is 1.18. The highest BCUT2D eigenvalue weighted by atomic mass is 16.5. The average molecular weight is 421 g/mol. The molecule has 0 amide bonds. The van der Waals surface area contributed by atoms with Crippen molar-refractivity contribution in [1.82, 2.24) is 0 Å². The molecule has 0 bridgehead atoms. The maximum Gasteiger partial charge on any atom is 0.119 e. The molecule has 1 aromatic carbocycles. The van der Waals surface area contributed by atoms with Crippen LogP contribution in [0.2, 0.25) is 0 Å². The molecule has 1 heteroatoms. The molecule has 2 unspecified atom stereocenters. The van der Waals surface area contributed by atoms with Crippen LogP contribution in [-0.4, -0.2) is 6.61 Å². The fourth-order valence-electron chi connectivity index (χ4n) is 6.34. The Kier molecular flexibility index (Phi) is 8.34. The molecular formula is C30H44O. The van der Waals surface area contributed by atoms with Crippen molar-refractivity contribution in [3.05, 3.63) is 54.6 Å². The molecule has 2 atom stereocenters. The lowest BCUT2D eigenvalue weighted by Crippen LogP contribution is -2.22. The molecule has 3 aliphatic rings. The first-order valence-corrected chi connectivity index (χ1v) is 13.2. The fraction of sp³-hybridized carbons (Fsp3) is 0.667. The summed E-state index contributed by atoms with van der Waals surface area (Å²) in [6, 6.07) is 9.13. The van der Waals surface area contributed by atoms with E-state index in [1.807, 2.05) is 0 Å². The van der Waals surface area contributed by atoms with Crippen LogP contribution in [0.5, 0.6) is 5.75 Å². The van der Waals surface area contributed by atoms with Crippen LogP contribution in [0.4, 0.5) is 0 Å². The highest BCUT2D eigenvalue weighted by molar-refractivity contribution is 5.29. The number of allylic oxidation sites excluding steroid dienone is 3. The Morgan fingerprint density at radius 3 is 2.19 bits per heavy atom. The van der Waals surface area contributed by atoms with E-state index in [-0.39, 0.29) is 0 Å². The normalized spacial score (nSPS) is 33.7. The van der Waals surface area contributed by atoms with E-state index in [0.29, 0.717) is 0 Å². The van der Waals surface area contributed by atoms with Gasteiger partial charge in [-0.25, -0.2) is 0 Å². The molecule has 0 saturated heterocycles. The maximum absolute atomic E-state index is 6.19. The average Bonchev–Trinajstić information content (AvgIpc) is 2.83. The Labute approximate surface area is 191 Å². The maximum atomic E-state index is 6.19. The van der Waals surface area contributed by atoms with Gasteiger partial charge in [-0.05, 0) is 117 Å². The molecular weight excluding hydrogens is 376 g/mol. The van der Waals surface area contributed by atoms with E-state index in [0.717, 1.165) is 47.9 Å². The van der Waals surface area contributed by atoms with Crippen LogP contribution in [0.3, 0.4) is 0 Å². The van der Waals surface area contributed by atoms with Gasteiger partial charge in [-0.2, -0.15) is 0 Å². The molecule has 0 radical (unpaired) electrons. The van der Waals surface area contributed by atoms with Crippen molar-refractivity contribution >= 4 is 0 Å². The van der Waals surface area contributed by atoms with Crippen LogP contribution >= 0.6 is 0 Å². The van der Waals surface area contributed by atoms with Gasteiger partial charge in [-0.3, -0.25) is 0 Å². The first-order chi connectivity index (χ1) is 15.2. The fourth-order valence-corrected chi connectivity index (χ4v) is 6.34. The van der Waals surface area contributed by atoms with Crippen molar-refractivity contribution in [2.45, 2.75) is 89.9 Å². The Morgan fingerprint density at radius 2 is 1.55 bits per heavy atom. The third-order valence-corrected chi connectivity index (χ3v) is 8.60. The van der Waals surface area contributed by atoms with E-state index in [9.17, 15) is 0 Å². The molecule has 1 nitrogen and oxygen atoms in total. The van der Waals surface area contributed by atoms with Gasteiger partial charge in [0.2, 0.25) is 0 Å². The third kappa shape index (κ3) is 6.50. The van der Waals surface area contributed by atoms with Gasteiger partial charge in [0.05, 0.1) is 6.61 Å². The Morgan fingerprint density at radius 1 is 0.839 bits per heavy atom. The molecule has 0 spiro atoms. The molecule has 0 aliphatic heterocycles. The van der Waals surface area contributed by atoms with Crippen molar-refractivity contribution < 1.29 is 4.74 Å². The third-order valence-electron chi connectivity index (χ3n) is 8.60. The highest BCUT2D eigenvalue weighted by Crippen LogP contribution is 2.42. The lowest BCUT2D eigenvalue weighted by molar-refractivity contribution is 0.179. The van der Waals surface area contributed by atoms with E-state index in [4.69, 9.17) is 4.74 Å². The van der Waals surface area contributed by atoms with Gasteiger partial charge >= 0.3 is 0 Å². The Hall–Kier alpha value is -1.50. The molecule has 4 rings (SSSR count). The van der Waals surface area contributed by atoms with Crippen LogP contribution in [0.15, 0.2) is 49.1 Å². The molecule has 0 heterocycles. The summed E-state index contributed by atoms with van der Waals surface area (Å²) in [6.45, 7) is 7.11. The van der Waals surface area contributed by atoms with Gasteiger partial charge < -0.3 is 4.74 Å². The summed E-state index contributed by atoms with van der Waals surface area (Å²) in [5, 5.41) is 0. The van der Waals surface area contributed by atoms with E-state index in [1.165, 1.54) is 82.6 Å². The topological polar surface area (TPSA) is 9.23 Å². The quantitative estimate of drug-likeness (QED) is 0.382. The van der Waals surface area contributed by atoms with Gasteiger partial charge in [0.1, 0.15) is 5.75 Å². The van der Waals surface area contributed by atoms with Crippen molar-refractivity contribution in [3.8, 4) is 5.75 Å². The van der Waals surface area contributed by atoms with Crippen LogP contribution < -0.4 is 4.74 Å². The first kappa shape index (κ1) is 22.7. The number of hydrogen-bond acceptors (Lipinski definition) is 1. The second-order valence-corrected chi connectivity index (χ2v) is 10.8. The SMILES string of the molecule is C=CCCC1CCC(COc2ccc(C3CCC(C4C=CC(C)CC4)CC3)cc2)CC1. The summed E-state index contributed by atoms with van der Waals surface area (Å²) in [6.07, 6.45) is 23.3. The zero-order valence-corrected chi connectivity index (χ0v) is 19.8. The summed E-state index contributed by atoms with van der Waals surface area (Å²) in [5.41, 5.74) is 1.53. The molecule has 2 saturated carbocycles. The van der Waals surface area contributed by atoms with E-state index in [2.05, 4.69) is 56.0 Å². The Bertz CT molecular complexity index is 686. The van der Waals surface area contributed by atoms with Gasteiger partial charge in [0, 0.05) is 0 Å². The zero-order valence-electron chi connectivity index (χ0n) is 19.8. The minimum atomic E-state index is 0.742. The van der Waals surface area contributed by atoms with E-state index < -0.39 is 0 Å². The van der Waals surface area contributed by atoms with Crippen molar-refractivity contribution in [3.63, 3.8) is 0 Å². The van der Waals surface area contributed by atoms with Gasteiger partial charge in [-0.15, -0.1) is 6.58 Å².